The smallest absolute Gasteiger partial charge is 0.315 e. The lowest BCUT2D eigenvalue weighted by molar-refractivity contribution is -0.123. The molecule has 2 aromatic rings. The first-order valence-corrected chi connectivity index (χ1v) is 9.56. The number of carbonyl (C=O) groups excluding carboxylic acids is 3. The molecule has 1 fully saturated rings. The Morgan fingerprint density at radius 3 is 2.69 bits per heavy atom. The fourth-order valence-corrected chi connectivity index (χ4v) is 3.18. The molecular weight excluding hydrogens is 376 g/mol. The Bertz CT molecular complexity index is 988. The predicted molar refractivity (Wildman–Crippen MR) is 106 cm³/mol. The van der Waals surface area contributed by atoms with Gasteiger partial charge in [0.05, 0.1) is 5.52 Å². The van der Waals surface area contributed by atoms with E-state index >= 15 is 0 Å². The quantitative estimate of drug-likeness (QED) is 0.517. The fourth-order valence-electron chi connectivity index (χ4n) is 3.18. The van der Waals surface area contributed by atoms with E-state index in [1.807, 2.05) is 6.92 Å². The zero-order chi connectivity index (χ0) is 21.0. The lowest BCUT2D eigenvalue weighted by Gasteiger charge is -2.27. The van der Waals surface area contributed by atoms with Crippen LogP contribution in [0.25, 0.3) is 10.9 Å². The molecule has 1 saturated heterocycles. The van der Waals surface area contributed by atoms with Gasteiger partial charge in [-0.25, -0.2) is 4.79 Å². The van der Waals surface area contributed by atoms with Crippen LogP contribution >= 0.6 is 0 Å². The predicted octanol–water partition coefficient (Wildman–Crippen LogP) is -0.0386. The van der Waals surface area contributed by atoms with E-state index in [0.717, 1.165) is 0 Å². The molecule has 29 heavy (non-hydrogen) atoms. The van der Waals surface area contributed by atoms with E-state index in [-0.39, 0.29) is 36.8 Å². The van der Waals surface area contributed by atoms with Crippen molar-refractivity contribution in [1.82, 2.24) is 31.0 Å². The molecule has 0 bridgehead atoms. The number of likely N-dealkylation sites (N-methyl/N-ethyl adjacent to an activating group) is 1. The number of urea groups is 1. The van der Waals surface area contributed by atoms with Gasteiger partial charge in [-0.05, 0) is 25.5 Å². The Morgan fingerprint density at radius 1 is 1.28 bits per heavy atom. The second kappa shape index (κ2) is 8.72. The lowest BCUT2D eigenvalue weighted by Crippen LogP contribution is -2.51. The number of para-hydroxylation sites is 1. The van der Waals surface area contributed by atoms with E-state index < -0.39 is 17.4 Å². The van der Waals surface area contributed by atoms with Gasteiger partial charge in [0, 0.05) is 31.1 Å². The molecule has 0 aliphatic carbocycles. The molecule has 0 saturated carbocycles. The molecule has 2 atom stereocenters. The maximum Gasteiger partial charge on any atom is 0.315 e. The summed E-state index contributed by atoms with van der Waals surface area (Å²) < 4.78 is 0. The molecule has 2 heterocycles. The molecule has 3 rings (SSSR count). The number of benzene rings is 1. The van der Waals surface area contributed by atoms with E-state index in [1.165, 1.54) is 4.90 Å². The van der Waals surface area contributed by atoms with Gasteiger partial charge in [-0.1, -0.05) is 19.1 Å². The maximum absolute atomic E-state index is 12.9. The third-order valence-electron chi connectivity index (χ3n) is 4.91. The molecular formula is C19H24N6O4. The first-order chi connectivity index (χ1) is 13.9. The number of aromatic amines is 1. The second-order valence-corrected chi connectivity index (χ2v) is 6.81. The number of nitrogens with zero attached hydrogens (tertiary/aromatic N) is 2. The highest BCUT2D eigenvalue weighted by Crippen LogP contribution is 2.08. The SMILES string of the molecule is CC[C@@H](CN(CC)C(=O)c1n[nH]c2ccccc2c1=O)NC(=O)[C@H]1CNC(=O)N1. The van der Waals surface area contributed by atoms with Crippen LogP contribution in [0.5, 0.6) is 0 Å². The highest BCUT2D eigenvalue weighted by atomic mass is 16.2. The number of nitrogens with one attached hydrogen (secondary N) is 4. The van der Waals surface area contributed by atoms with Crippen LogP contribution in [0.15, 0.2) is 29.1 Å². The largest absolute Gasteiger partial charge is 0.350 e. The van der Waals surface area contributed by atoms with Crippen molar-refractivity contribution < 1.29 is 14.4 Å². The maximum atomic E-state index is 12.9. The first kappa shape index (κ1) is 20.3. The van der Waals surface area contributed by atoms with E-state index in [4.69, 9.17) is 0 Å². The van der Waals surface area contributed by atoms with E-state index in [9.17, 15) is 19.2 Å². The number of hydrogen-bond donors (Lipinski definition) is 4. The summed E-state index contributed by atoms with van der Waals surface area (Å²) in [4.78, 5) is 50.6. The van der Waals surface area contributed by atoms with Gasteiger partial charge in [-0.15, -0.1) is 0 Å². The number of amides is 4. The molecule has 10 heteroatoms. The normalized spacial score (nSPS) is 16.8. The molecule has 154 valence electrons. The van der Waals surface area contributed by atoms with Crippen molar-refractivity contribution in [3.63, 3.8) is 0 Å². The standard InChI is InChI=1S/C19H24N6O4/c1-3-11(21-17(27)14-9-20-19(29)22-14)10-25(4-2)18(28)15-16(26)12-7-5-6-8-13(12)23-24-15/h5-8,11,14H,3-4,9-10H2,1-2H3,(H,21,27)(H,23,26)(H2,20,22,29)/t11-,14+/m0/s1. The highest BCUT2D eigenvalue weighted by Gasteiger charge is 2.29. The number of rotatable bonds is 7. The minimum absolute atomic E-state index is 0.181. The van der Waals surface area contributed by atoms with Gasteiger partial charge in [-0.2, -0.15) is 5.10 Å². The Kier molecular flexibility index (Phi) is 6.10. The van der Waals surface area contributed by atoms with Gasteiger partial charge >= 0.3 is 6.03 Å². The summed E-state index contributed by atoms with van der Waals surface area (Å²) >= 11 is 0. The number of fused-ring (bicyclic) bond motifs is 1. The van der Waals surface area contributed by atoms with Crippen molar-refractivity contribution in [2.75, 3.05) is 19.6 Å². The van der Waals surface area contributed by atoms with Crippen LogP contribution in [0.3, 0.4) is 0 Å². The van der Waals surface area contributed by atoms with Crippen molar-refractivity contribution in [2.45, 2.75) is 32.4 Å². The van der Waals surface area contributed by atoms with Gasteiger partial charge in [0.2, 0.25) is 11.3 Å². The summed E-state index contributed by atoms with van der Waals surface area (Å²) in [6.45, 7) is 4.47. The minimum atomic E-state index is -0.646. The number of hydrogen-bond acceptors (Lipinski definition) is 5. The van der Waals surface area contributed by atoms with Crippen molar-refractivity contribution in [3.05, 3.63) is 40.2 Å². The molecule has 10 nitrogen and oxygen atoms in total. The summed E-state index contributed by atoms with van der Waals surface area (Å²) in [6.07, 6.45) is 0.575. The fraction of sp³-hybridized carbons (Fsp3) is 0.421. The Labute approximate surface area is 167 Å². The molecule has 0 radical (unpaired) electrons. The first-order valence-electron chi connectivity index (χ1n) is 9.56. The summed E-state index contributed by atoms with van der Waals surface area (Å²) in [6, 6.07) is 5.50. The molecule has 4 N–H and O–H groups in total. The van der Waals surface area contributed by atoms with E-state index in [0.29, 0.717) is 23.9 Å². The number of H-pyrrole nitrogens is 1. The van der Waals surface area contributed by atoms with Gasteiger partial charge in [0.25, 0.3) is 5.91 Å². The average Bonchev–Trinajstić information content (AvgIpc) is 3.17. The molecule has 1 aromatic heterocycles. The molecule has 1 aromatic carbocycles. The van der Waals surface area contributed by atoms with Crippen molar-refractivity contribution >= 4 is 28.7 Å². The van der Waals surface area contributed by atoms with Gasteiger partial charge in [0.15, 0.2) is 5.69 Å². The van der Waals surface area contributed by atoms with Crippen LogP contribution < -0.4 is 21.4 Å². The topological polar surface area (TPSA) is 136 Å². The summed E-state index contributed by atoms with van der Waals surface area (Å²) in [5.41, 5.74) is -0.0540. The zero-order valence-corrected chi connectivity index (χ0v) is 16.3. The zero-order valence-electron chi connectivity index (χ0n) is 16.3. The van der Waals surface area contributed by atoms with Gasteiger partial charge in [-0.3, -0.25) is 19.5 Å². The van der Waals surface area contributed by atoms with Crippen LogP contribution in [-0.2, 0) is 4.79 Å². The summed E-state index contributed by atoms with van der Waals surface area (Å²) in [7, 11) is 0. The summed E-state index contributed by atoms with van der Waals surface area (Å²) in [5.74, 6) is -0.816. The Morgan fingerprint density at radius 2 is 2.03 bits per heavy atom. The van der Waals surface area contributed by atoms with Crippen LogP contribution in [-0.4, -0.2) is 64.7 Å². The van der Waals surface area contributed by atoms with Gasteiger partial charge < -0.3 is 20.9 Å². The average molecular weight is 400 g/mol. The molecule has 4 amide bonds. The highest BCUT2D eigenvalue weighted by molar-refractivity contribution is 5.95. The van der Waals surface area contributed by atoms with Crippen LogP contribution in [0, 0.1) is 0 Å². The van der Waals surface area contributed by atoms with Gasteiger partial charge in [0.1, 0.15) is 6.04 Å². The molecule has 1 aliphatic heterocycles. The third-order valence-corrected chi connectivity index (χ3v) is 4.91. The Hall–Kier alpha value is -3.43. The number of aromatic nitrogens is 2. The van der Waals surface area contributed by atoms with Crippen LogP contribution in [0.1, 0.15) is 30.8 Å². The van der Waals surface area contributed by atoms with E-state index in [1.54, 1.807) is 31.2 Å². The lowest BCUT2D eigenvalue weighted by atomic mass is 10.1. The molecule has 0 unspecified atom stereocenters. The van der Waals surface area contributed by atoms with Crippen molar-refractivity contribution in [3.8, 4) is 0 Å². The van der Waals surface area contributed by atoms with Crippen molar-refractivity contribution in [2.24, 2.45) is 0 Å². The third kappa shape index (κ3) is 4.36. The minimum Gasteiger partial charge on any atom is -0.350 e. The molecule has 1 aliphatic rings. The second-order valence-electron chi connectivity index (χ2n) is 6.81. The Balaban J connectivity index is 1.73. The van der Waals surface area contributed by atoms with Crippen molar-refractivity contribution in [1.29, 1.82) is 0 Å². The summed E-state index contributed by atoms with van der Waals surface area (Å²) in [5, 5.41) is 15.0. The monoisotopic (exact) mass is 400 g/mol. The van der Waals surface area contributed by atoms with Crippen LogP contribution in [0.4, 0.5) is 4.79 Å². The van der Waals surface area contributed by atoms with Crippen LogP contribution in [0.2, 0.25) is 0 Å². The number of carbonyl (C=O) groups is 3. The van der Waals surface area contributed by atoms with E-state index in [2.05, 4.69) is 26.1 Å². The molecule has 0 spiro atoms.